The number of anilines is 1. The summed E-state index contributed by atoms with van der Waals surface area (Å²) in [4.78, 5) is 4.25. The average molecular weight is 250 g/mol. The fourth-order valence-electron chi connectivity index (χ4n) is 1.48. The first-order chi connectivity index (χ1) is 8.67. The summed E-state index contributed by atoms with van der Waals surface area (Å²) in [6.07, 6.45) is 0. The highest BCUT2D eigenvalue weighted by Gasteiger charge is 2.02. The number of nitrogens with zero attached hydrogens (tertiary/aromatic N) is 1. The van der Waals surface area contributed by atoms with Crippen molar-refractivity contribution in [1.29, 1.82) is 0 Å². The fourth-order valence-corrected chi connectivity index (χ4v) is 1.48. The number of methoxy groups -OCH3 is 1. The first-order valence-electron chi connectivity index (χ1n) is 6.04. The fraction of sp³-hybridized carbons (Fsp3) is 0.462. The van der Waals surface area contributed by atoms with Crippen LogP contribution in [0, 0.1) is 0 Å². The Hall–Kier alpha value is -1.59. The lowest BCUT2D eigenvalue weighted by atomic mass is 10.0. The number of rotatable bonds is 5. The molecule has 18 heavy (non-hydrogen) atoms. The van der Waals surface area contributed by atoms with E-state index in [0.29, 0.717) is 25.0 Å². The van der Waals surface area contributed by atoms with Gasteiger partial charge in [-0.15, -0.1) is 0 Å². The molecule has 0 atom stereocenters. The highest BCUT2D eigenvalue weighted by atomic mass is 16.5. The minimum Gasteiger partial charge on any atom is -0.383 e. The van der Waals surface area contributed by atoms with Gasteiger partial charge in [0, 0.05) is 12.8 Å². The van der Waals surface area contributed by atoms with Crippen molar-refractivity contribution < 1.29 is 4.74 Å². The molecule has 0 spiro atoms. The van der Waals surface area contributed by atoms with Crippen LogP contribution >= 0.6 is 0 Å². The summed E-state index contributed by atoms with van der Waals surface area (Å²) >= 11 is 0. The highest BCUT2D eigenvalue weighted by molar-refractivity contribution is 5.93. The molecule has 0 saturated carbocycles. The van der Waals surface area contributed by atoms with Crippen molar-refractivity contribution in [3.05, 3.63) is 29.8 Å². The third-order valence-electron chi connectivity index (χ3n) is 2.52. The SMILES string of the molecule is COCCN=C(NN)Nc1cccc(C(C)C)c1. The Morgan fingerprint density at radius 2 is 2.22 bits per heavy atom. The number of hydrazine groups is 1. The second kappa shape index (κ2) is 7.68. The molecule has 1 aromatic carbocycles. The smallest absolute Gasteiger partial charge is 0.210 e. The van der Waals surface area contributed by atoms with E-state index in [1.54, 1.807) is 7.11 Å². The molecule has 1 aromatic rings. The Balaban J connectivity index is 2.69. The van der Waals surface area contributed by atoms with Crippen LogP contribution in [-0.2, 0) is 4.74 Å². The van der Waals surface area contributed by atoms with E-state index in [1.165, 1.54) is 5.56 Å². The quantitative estimate of drug-likeness (QED) is 0.244. The van der Waals surface area contributed by atoms with E-state index in [9.17, 15) is 0 Å². The molecule has 0 radical (unpaired) electrons. The van der Waals surface area contributed by atoms with E-state index in [0.717, 1.165) is 5.69 Å². The summed E-state index contributed by atoms with van der Waals surface area (Å²) in [6, 6.07) is 8.19. The van der Waals surface area contributed by atoms with Crippen LogP contribution in [0.2, 0.25) is 0 Å². The van der Waals surface area contributed by atoms with Crippen LogP contribution in [0.15, 0.2) is 29.3 Å². The van der Waals surface area contributed by atoms with Crippen LogP contribution in [0.5, 0.6) is 0 Å². The number of benzene rings is 1. The standard InChI is InChI=1S/C13H22N4O/c1-10(2)11-5-4-6-12(9-11)16-13(17-14)15-7-8-18-3/h4-6,9-10H,7-8,14H2,1-3H3,(H2,15,16,17). The number of aliphatic imine (C=N–C) groups is 1. The van der Waals surface area contributed by atoms with Crippen molar-refractivity contribution in [2.45, 2.75) is 19.8 Å². The van der Waals surface area contributed by atoms with Crippen molar-refractivity contribution in [1.82, 2.24) is 5.43 Å². The molecule has 0 unspecified atom stereocenters. The van der Waals surface area contributed by atoms with E-state index < -0.39 is 0 Å². The Morgan fingerprint density at radius 1 is 1.44 bits per heavy atom. The predicted octanol–water partition coefficient (Wildman–Crippen LogP) is 1.69. The molecule has 4 N–H and O–H groups in total. The zero-order valence-corrected chi connectivity index (χ0v) is 11.2. The van der Waals surface area contributed by atoms with Crippen molar-refractivity contribution in [3.8, 4) is 0 Å². The Kier molecular flexibility index (Phi) is 6.18. The topological polar surface area (TPSA) is 71.7 Å². The van der Waals surface area contributed by atoms with Crippen LogP contribution < -0.4 is 16.6 Å². The van der Waals surface area contributed by atoms with Crippen LogP contribution in [0.25, 0.3) is 0 Å². The molecule has 0 bridgehead atoms. The third kappa shape index (κ3) is 4.73. The lowest BCUT2D eigenvalue weighted by molar-refractivity contribution is 0.208. The lowest BCUT2D eigenvalue weighted by Crippen LogP contribution is -2.36. The third-order valence-corrected chi connectivity index (χ3v) is 2.52. The van der Waals surface area contributed by atoms with Gasteiger partial charge in [-0.3, -0.25) is 5.43 Å². The lowest BCUT2D eigenvalue weighted by Gasteiger charge is -2.11. The number of guanidine groups is 1. The Labute approximate surface area is 108 Å². The van der Waals surface area contributed by atoms with Crippen molar-refractivity contribution in [2.75, 3.05) is 25.6 Å². The minimum absolute atomic E-state index is 0.492. The van der Waals surface area contributed by atoms with E-state index >= 15 is 0 Å². The zero-order valence-electron chi connectivity index (χ0n) is 11.2. The predicted molar refractivity (Wildman–Crippen MR) is 75.7 cm³/mol. The molecule has 100 valence electrons. The number of nitrogens with two attached hydrogens (primary N) is 1. The van der Waals surface area contributed by atoms with Gasteiger partial charge in [-0.05, 0) is 23.6 Å². The van der Waals surface area contributed by atoms with Crippen molar-refractivity contribution >= 4 is 11.6 Å². The zero-order chi connectivity index (χ0) is 13.4. The monoisotopic (exact) mass is 250 g/mol. The van der Waals surface area contributed by atoms with Crippen molar-refractivity contribution in [3.63, 3.8) is 0 Å². The highest BCUT2D eigenvalue weighted by Crippen LogP contribution is 2.18. The van der Waals surface area contributed by atoms with E-state index in [2.05, 4.69) is 41.7 Å². The normalized spacial score (nSPS) is 11.7. The maximum Gasteiger partial charge on any atom is 0.210 e. The molecule has 0 saturated heterocycles. The molecule has 0 amide bonds. The molecule has 5 heteroatoms. The first kappa shape index (κ1) is 14.5. The van der Waals surface area contributed by atoms with Gasteiger partial charge in [-0.2, -0.15) is 0 Å². The van der Waals surface area contributed by atoms with Crippen LogP contribution in [0.1, 0.15) is 25.3 Å². The van der Waals surface area contributed by atoms with Gasteiger partial charge in [0.15, 0.2) is 0 Å². The summed E-state index contributed by atoms with van der Waals surface area (Å²) in [5, 5.41) is 3.14. The second-order valence-corrected chi connectivity index (χ2v) is 4.27. The summed E-state index contributed by atoms with van der Waals surface area (Å²) in [5.41, 5.74) is 4.78. The minimum atomic E-state index is 0.492. The van der Waals surface area contributed by atoms with Crippen molar-refractivity contribution in [2.24, 2.45) is 10.8 Å². The summed E-state index contributed by atoms with van der Waals surface area (Å²) in [5.74, 6) is 6.44. The largest absolute Gasteiger partial charge is 0.383 e. The van der Waals surface area contributed by atoms with Gasteiger partial charge in [0.1, 0.15) is 0 Å². The average Bonchev–Trinajstić information content (AvgIpc) is 2.38. The first-order valence-corrected chi connectivity index (χ1v) is 6.04. The Bertz CT molecular complexity index is 390. The van der Waals surface area contributed by atoms with Gasteiger partial charge >= 0.3 is 0 Å². The van der Waals surface area contributed by atoms with E-state index in [1.807, 2.05) is 12.1 Å². The van der Waals surface area contributed by atoms with Gasteiger partial charge in [0.05, 0.1) is 13.2 Å². The van der Waals surface area contributed by atoms with Gasteiger partial charge in [-0.25, -0.2) is 10.8 Å². The van der Waals surface area contributed by atoms with Gasteiger partial charge in [0.25, 0.3) is 0 Å². The number of hydrogen-bond donors (Lipinski definition) is 3. The summed E-state index contributed by atoms with van der Waals surface area (Å²) in [6.45, 7) is 5.45. The van der Waals surface area contributed by atoms with Gasteiger partial charge in [0.2, 0.25) is 5.96 Å². The maximum atomic E-state index is 5.42. The second-order valence-electron chi connectivity index (χ2n) is 4.27. The van der Waals surface area contributed by atoms with Gasteiger partial charge < -0.3 is 10.1 Å². The van der Waals surface area contributed by atoms with Gasteiger partial charge in [-0.1, -0.05) is 26.0 Å². The molecule has 0 aromatic heterocycles. The summed E-state index contributed by atoms with van der Waals surface area (Å²) in [7, 11) is 1.64. The Morgan fingerprint density at radius 3 is 2.83 bits per heavy atom. The van der Waals surface area contributed by atoms with Crippen LogP contribution in [-0.4, -0.2) is 26.2 Å². The molecule has 5 nitrogen and oxygen atoms in total. The molecule has 0 fully saturated rings. The van der Waals surface area contributed by atoms with Crippen LogP contribution in [0.4, 0.5) is 5.69 Å². The molecule has 1 rings (SSSR count). The molecule has 0 heterocycles. The molecular weight excluding hydrogens is 228 g/mol. The van der Waals surface area contributed by atoms with E-state index in [-0.39, 0.29) is 0 Å². The van der Waals surface area contributed by atoms with Crippen LogP contribution in [0.3, 0.4) is 0 Å². The molecule has 0 aliphatic heterocycles. The number of nitrogens with one attached hydrogen (secondary N) is 2. The number of hydrogen-bond acceptors (Lipinski definition) is 3. The van der Waals surface area contributed by atoms with E-state index in [4.69, 9.17) is 10.6 Å². The number of ether oxygens (including phenoxy) is 1. The summed E-state index contributed by atoms with van der Waals surface area (Å²) < 4.78 is 4.93. The maximum absolute atomic E-state index is 5.42. The molecule has 0 aliphatic rings. The molecule has 0 aliphatic carbocycles. The molecular formula is C13H22N4O.